The van der Waals surface area contributed by atoms with Crippen LogP contribution < -0.4 is 10.6 Å². The van der Waals surface area contributed by atoms with Crippen LogP contribution in [0.25, 0.3) is 0 Å². The molecule has 2 atom stereocenters. The Kier molecular flexibility index (Phi) is 8.85. The number of nitrogens with zero attached hydrogens (tertiary/aromatic N) is 3. The number of piperidine rings is 1. The predicted octanol–water partition coefficient (Wildman–Crippen LogP) is 6.47. The van der Waals surface area contributed by atoms with Gasteiger partial charge >= 0.3 is 6.18 Å². The van der Waals surface area contributed by atoms with Gasteiger partial charge in [-0.15, -0.1) is 0 Å². The summed E-state index contributed by atoms with van der Waals surface area (Å²) in [6.07, 6.45) is 0.932. The fourth-order valence-electron chi connectivity index (χ4n) is 4.87. The Hall–Kier alpha value is -2.82. The minimum atomic E-state index is -4.63. The smallest absolute Gasteiger partial charge is 0.382 e. The Morgan fingerprint density at radius 1 is 1.11 bits per heavy atom. The van der Waals surface area contributed by atoms with Crippen LogP contribution in [0.5, 0.6) is 0 Å². The van der Waals surface area contributed by atoms with E-state index in [4.69, 9.17) is 16.6 Å². The third-order valence-electron chi connectivity index (χ3n) is 6.87. The standard InChI is InChI=1S/C27H34ClF3N6O/c1-16-13-21(17(2)12-19(16)22-9-6-7-11-37(22)15-23(38)27(29,30)31)32-24-10-5-4-8-20(28)26(33-24)34-25-14-18(3)35-36-25/h8,10,12-14,22-23,32,38H,4-7,9,11,15H2,1-3H3,(H2,33,34,35,36)/t22?,23-/m1/s1. The van der Waals surface area contributed by atoms with Crippen molar-refractivity contribution in [1.29, 1.82) is 0 Å². The lowest BCUT2D eigenvalue weighted by molar-refractivity contribution is -0.210. The lowest BCUT2D eigenvalue weighted by Crippen LogP contribution is -2.44. The van der Waals surface area contributed by atoms with Gasteiger partial charge in [0.1, 0.15) is 5.82 Å². The first kappa shape index (κ1) is 28.2. The number of alkyl halides is 3. The summed E-state index contributed by atoms with van der Waals surface area (Å²) in [6, 6.07) is 5.72. The second kappa shape index (κ2) is 11.9. The van der Waals surface area contributed by atoms with E-state index in [1.165, 1.54) is 0 Å². The zero-order valence-electron chi connectivity index (χ0n) is 21.8. The molecule has 0 aliphatic carbocycles. The molecule has 4 N–H and O–H groups in total. The number of nitrogens with one attached hydrogen (secondary N) is 3. The van der Waals surface area contributed by atoms with Gasteiger partial charge in [-0.25, -0.2) is 4.99 Å². The molecule has 1 fully saturated rings. The molecule has 0 bridgehead atoms. The first-order chi connectivity index (χ1) is 18.0. The molecule has 2 aromatic rings. The van der Waals surface area contributed by atoms with Crippen LogP contribution >= 0.6 is 11.6 Å². The van der Waals surface area contributed by atoms with Crippen LogP contribution in [-0.2, 0) is 0 Å². The molecular formula is C27H34ClF3N6O. The van der Waals surface area contributed by atoms with Crippen LogP contribution in [-0.4, -0.2) is 51.4 Å². The van der Waals surface area contributed by atoms with E-state index in [0.29, 0.717) is 29.1 Å². The number of aliphatic hydroxyl groups excluding tert-OH is 1. The first-order valence-corrected chi connectivity index (χ1v) is 13.2. The summed E-state index contributed by atoms with van der Waals surface area (Å²) in [5.41, 5.74) is 4.66. The van der Waals surface area contributed by atoms with Gasteiger partial charge in [-0.2, -0.15) is 18.3 Å². The van der Waals surface area contributed by atoms with Crippen molar-refractivity contribution in [3.63, 3.8) is 0 Å². The number of aliphatic hydroxyl groups is 1. The van der Waals surface area contributed by atoms with Crippen molar-refractivity contribution in [2.24, 2.45) is 4.99 Å². The number of benzene rings is 1. The monoisotopic (exact) mass is 550 g/mol. The van der Waals surface area contributed by atoms with Gasteiger partial charge in [0, 0.05) is 30.0 Å². The van der Waals surface area contributed by atoms with E-state index >= 15 is 0 Å². The van der Waals surface area contributed by atoms with Crippen LogP contribution in [0.15, 0.2) is 46.2 Å². The van der Waals surface area contributed by atoms with Crippen molar-refractivity contribution in [3.8, 4) is 0 Å². The molecular weight excluding hydrogens is 517 g/mol. The largest absolute Gasteiger partial charge is 0.415 e. The predicted molar refractivity (Wildman–Crippen MR) is 145 cm³/mol. The highest BCUT2D eigenvalue weighted by molar-refractivity contribution is 6.45. The van der Waals surface area contributed by atoms with Crippen LogP contribution in [0, 0.1) is 20.8 Å². The van der Waals surface area contributed by atoms with Gasteiger partial charge in [0.05, 0.1) is 5.03 Å². The molecule has 2 aliphatic heterocycles. The number of allylic oxidation sites excluding steroid dienone is 2. The highest BCUT2D eigenvalue weighted by Gasteiger charge is 2.40. The second-order valence-electron chi connectivity index (χ2n) is 9.95. The molecule has 0 saturated carbocycles. The Morgan fingerprint density at radius 2 is 1.87 bits per heavy atom. The second-order valence-corrected chi connectivity index (χ2v) is 10.4. The maximum Gasteiger partial charge on any atom is 0.415 e. The topological polar surface area (TPSA) is 88.6 Å². The molecule has 0 amide bonds. The van der Waals surface area contributed by atoms with Gasteiger partial charge < -0.3 is 15.7 Å². The molecule has 1 aromatic heterocycles. The van der Waals surface area contributed by atoms with E-state index in [2.05, 4.69) is 20.8 Å². The summed E-state index contributed by atoms with van der Waals surface area (Å²) in [4.78, 5) is 6.49. The number of halogens is 4. The van der Waals surface area contributed by atoms with E-state index in [1.54, 1.807) is 4.90 Å². The molecule has 38 heavy (non-hydrogen) atoms. The Balaban J connectivity index is 1.56. The average molecular weight is 551 g/mol. The minimum Gasteiger partial charge on any atom is -0.382 e. The number of aromatic nitrogens is 2. The van der Waals surface area contributed by atoms with Crippen LogP contribution in [0.1, 0.15) is 60.5 Å². The number of amidine groups is 1. The Bertz CT molecular complexity index is 1240. The summed E-state index contributed by atoms with van der Waals surface area (Å²) < 4.78 is 39.2. The number of anilines is 2. The number of aliphatic imine (C=N–C) groups is 1. The van der Waals surface area contributed by atoms with Gasteiger partial charge in [-0.1, -0.05) is 30.2 Å². The molecule has 7 nitrogen and oxygen atoms in total. The minimum absolute atomic E-state index is 0.177. The van der Waals surface area contributed by atoms with Gasteiger partial charge in [0.25, 0.3) is 0 Å². The lowest BCUT2D eigenvalue weighted by atomic mass is 9.90. The SMILES string of the molecule is Cc1cc(NC2=NC(Nc3cc(C)c(C4CCCCN4C[C@@H](O)C(F)(F)F)cc3C)=CCCC=C2Cl)n[nH]1. The van der Waals surface area contributed by atoms with Gasteiger partial charge in [-0.3, -0.25) is 10.00 Å². The van der Waals surface area contributed by atoms with E-state index in [1.807, 2.05) is 51.1 Å². The van der Waals surface area contributed by atoms with Crippen molar-refractivity contribution in [2.75, 3.05) is 23.7 Å². The van der Waals surface area contributed by atoms with Crippen molar-refractivity contribution >= 4 is 28.9 Å². The Labute approximate surface area is 225 Å². The number of likely N-dealkylation sites (tertiary alicyclic amines) is 1. The van der Waals surface area contributed by atoms with E-state index in [-0.39, 0.29) is 6.04 Å². The van der Waals surface area contributed by atoms with Crippen LogP contribution in [0.2, 0.25) is 0 Å². The molecule has 1 unspecified atom stereocenters. The summed E-state index contributed by atoms with van der Waals surface area (Å²) in [7, 11) is 0. The van der Waals surface area contributed by atoms with Crippen LogP contribution in [0.4, 0.5) is 24.7 Å². The van der Waals surface area contributed by atoms with Gasteiger partial charge in [0.15, 0.2) is 17.8 Å². The number of hydrogen-bond acceptors (Lipinski definition) is 6. The van der Waals surface area contributed by atoms with Crippen LogP contribution in [0.3, 0.4) is 0 Å². The van der Waals surface area contributed by atoms with E-state index < -0.39 is 18.8 Å². The van der Waals surface area contributed by atoms with E-state index in [0.717, 1.165) is 60.2 Å². The van der Waals surface area contributed by atoms with Gasteiger partial charge in [-0.05, 0) is 81.8 Å². The maximum atomic E-state index is 13.1. The van der Waals surface area contributed by atoms with Crippen molar-refractivity contribution in [3.05, 3.63) is 63.6 Å². The molecule has 1 saturated heterocycles. The average Bonchev–Trinajstić information content (AvgIpc) is 3.26. The lowest BCUT2D eigenvalue weighted by Gasteiger charge is -2.38. The number of H-pyrrole nitrogens is 1. The summed E-state index contributed by atoms with van der Waals surface area (Å²) in [6.45, 7) is 5.94. The number of aromatic amines is 1. The van der Waals surface area contributed by atoms with E-state index in [9.17, 15) is 18.3 Å². The Morgan fingerprint density at radius 3 is 2.58 bits per heavy atom. The van der Waals surface area contributed by atoms with Gasteiger partial charge in [0.2, 0.25) is 0 Å². The number of aryl methyl sites for hydroxylation is 3. The molecule has 4 rings (SSSR count). The van der Waals surface area contributed by atoms with Crippen molar-refractivity contribution in [1.82, 2.24) is 15.1 Å². The highest BCUT2D eigenvalue weighted by Crippen LogP contribution is 2.36. The molecule has 11 heteroatoms. The number of hydrogen-bond donors (Lipinski definition) is 4. The third-order valence-corrected chi connectivity index (χ3v) is 7.21. The maximum absolute atomic E-state index is 13.1. The molecule has 3 heterocycles. The fourth-order valence-corrected chi connectivity index (χ4v) is 5.07. The number of rotatable bonds is 6. The molecule has 1 aromatic carbocycles. The normalized spacial score (nSPS) is 20.1. The quantitative estimate of drug-likeness (QED) is 0.331. The first-order valence-electron chi connectivity index (χ1n) is 12.8. The molecule has 0 spiro atoms. The molecule has 0 radical (unpaired) electrons. The highest BCUT2D eigenvalue weighted by atomic mass is 35.5. The van der Waals surface area contributed by atoms with Crippen molar-refractivity contribution in [2.45, 2.75) is 71.2 Å². The summed E-state index contributed by atoms with van der Waals surface area (Å²) in [5.74, 6) is 1.72. The molecule has 2 aliphatic rings. The number of β-amino-alcohol motifs (C(OH)–C–C–N with tert-alkyl or cyclic N) is 1. The zero-order chi connectivity index (χ0) is 27.4. The third kappa shape index (κ3) is 6.98. The summed E-state index contributed by atoms with van der Waals surface area (Å²) >= 11 is 6.51. The summed E-state index contributed by atoms with van der Waals surface area (Å²) in [5, 5.41) is 23.9. The molecule has 206 valence electrons. The fraction of sp³-hybridized carbons (Fsp3) is 0.481. The van der Waals surface area contributed by atoms with Crippen molar-refractivity contribution < 1.29 is 18.3 Å². The zero-order valence-corrected chi connectivity index (χ0v) is 22.5.